The Kier molecular flexibility index (Phi) is 4.08. The highest BCUT2D eigenvalue weighted by Crippen LogP contribution is 2.34. The summed E-state index contributed by atoms with van der Waals surface area (Å²) in [5.41, 5.74) is 6.01. The molecule has 0 unspecified atom stereocenters. The summed E-state index contributed by atoms with van der Waals surface area (Å²) in [6.07, 6.45) is 1.88. The molecule has 0 aliphatic heterocycles. The second-order valence-corrected chi connectivity index (χ2v) is 7.68. The van der Waals surface area contributed by atoms with Crippen LogP contribution >= 0.6 is 11.6 Å². The van der Waals surface area contributed by atoms with Gasteiger partial charge >= 0.3 is 0 Å². The van der Waals surface area contributed by atoms with E-state index >= 15 is 0 Å². The number of benzene rings is 1. The Morgan fingerprint density at radius 1 is 1.42 bits per heavy atom. The predicted molar refractivity (Wildman–Crippen MR) is 77.6 cm³/mol. The van der Waals surface area contributed by atoms with Gasteiger partial charge in [-0.15, -0.1) is 0 Å². The fourth-order valence-corrected chi connectivity index (χ4v) is 4.09. The molecule has 1 aliphatic carbocycles. The number of hydrogen-bond acceptors (Lipinski definition) is 3. The van der Waals surface area contributed by atoms with E-state index in [4.69, 9.17) is 17.3 Å². The highest BCUT2D eigenvalue weighted by molar-refractivity contribution is 7.89. The van der Waals surface area contributed by atoms with Crippen LogP contribution in [0.5, 0.6) is 0 Å². The third kappa shape index (κ3) is 3.22. The largest absolute Gasteiger partial charge is 0.398 e. The minimum absolute atomic E-state index is 0.142. The molecule has 1 aromatic rings. The number of hydrogen-bond donors (Lipinski definition) is 1. The summed E-state index contributed by atoms with van der Waals surface area (Å²) < 4.78 is 26.9. The van der Waals surface area contributed by atoms with Gasteiger partial charge in [-0.3, -0.25) is 0 Å². The second-order valence-electron chi connectivity index (χ2n) is 5.38. The summed E-state index contributed by atoms with van der Waals surface area (Å²) in [4.78, 5) is 0.222. The molecule has 1 aromatic carbocycles. The van der Waals surface area contributed by atoms with Gasteiger partial charge in [0.1, 0.15) is 0 Å². The zero-order chi connectivity index (χ0) is 14.2. The molecule has 19 heavy (non-hydrogen) atoms. The average molecular weight is 303 g/mol. The van der Waals surface area contributed by atoms with Gasteiger partial charge in [-0.05, 0) is 37.0 Å². The molecule has 0 amide bonds. The molecule has 106 valence electrons. The summed E-state index contributed by atoms with van der Waals surface area (Å²) in [7, 11) is -3.48. The van der Waals surface area contributed by atoms with Gasteiger partial charge in [0.2, 0.25) is 10.0 Å². The van der Waals surface area contributed by atoms with E-state index in [1.165, 1.54) is 18.2 Å². The van der Waals surface area contributed by atoms with Crippen molar-refractivity contribution in [2.24, 2.45) is 5.92 Å². The van der Waals surface area contributed by atoms with Crippen LogP contribution in [-0.2, 0) is 10.0 Å². The van der Waals surface area contributed by atoms with Crippen molar-refractivity contribution in [1.82, 2.24) is 4.31 Å². The third-order valence-corrected chi connectivity index (χ3v) is 5.32. The highest BCUT2D eigenvalue weighted by atomic mass is 35.5. The van der Waals surface area contributed by atoms with Crippen molar-refractivity contribution in [2.45, 2.75) is 37.6 Å². The first-order valence-corrected chi connectivity index (χ1v) is 8.21. The van der Waals surface area contributed by atoms with Gasteiger partial charge in [-0.1, -0.05) is 25.4 Å². The van der Waals surface area contributed by atoms with Gasteiger partial charge in [-0.25, -0.2) is 8.42 Å². The Labute approximate surface area is 119 Å². The quantitative estimate of drug-likeness (QED) is 0.851. The van der Waals surface area contributed by atoms with Gasteiger partial charge in [0, 0.05) is 12.6 Å². The molecular weight excluding hydrogens is 284 g/mol. The summed E-state index contributed by atoms with van der Waals surface area (Å²) in [5, 5.41) is 0.279. The van der Waals surface area contributed by atoms with E-state index < -0.39 is 10.0 Å². The highest BCUT2D eigenvalue weighted by Gasteiger charge is 2.38. The maximum atomic E-state index is 12.6. The minimum atomic E-state index is -3.48. The van der Waals surface area contributed by atoms with Crippen molar-refractivity contribution >= 4 is 27.3 Å². The van der Waals surface area contributed by atoms with E-state index in [9.17, 15) is 8.42 Å². The smallest absolute Gasteiger partial charge is 0.243 e. The van der Waals surface area contributed by atoms with E-state index in [2.05, 4.69) is 0 Å². The fourth-order valence-electron chi connectivity index (χ4n) is 1.97. The number of nitrogens with two attached hydrogens (primary N) is 1. The Balaban J connectivity index is 2.35. The van der Waals surface area contributed by atoms with E-state index in [1.807, 2.05) is 13.8 Å². The van der Waals surface area contributed by atoms with Crippen LogP contribution in [0.2, 0.25) is 5.02 Å². The first-order chi connectivity index (χ1) is 8.82. The van der Waals surface area contributed by atoms with Gasteiger partial charge in [0.25, 0.3) is 0 Å². The molecule has 0 bridgehead atoms. The Bertz CT molecular complexity index is 568. The van der Waals surface area contributed by atoms with E-state index in [0.717, 1.165) is 12.8 Å². The number of nitrogens with zero attached hydrogens (tertiary/aromatic N) is 1. The van der Waals surface area contributed by atoms with Crippen molar-refractivity contribution in [3.8, 4) is 0 Å². The van der Waals surface area contributed by atoms with Crippen molar-refractivity contribution in [3.05, 3.63) is 23.2 Å². The lowest BCUT2D eigenvalue weighted by Gasteiger charge is -2.24. The maximum absolute atomic E-state index is 12.6. The minimum Gasteiger partial charge on any atom is -0.398 e. The molecule has 0 radical (unpaired) electrons. The van der Waals surface area contributed by atoms with Crippen LogP contribution in [0.15, 0.2) is 23.1 Å². The molecule has 6 heteroatoms. The first-order valence-electron chi connectivity index (χ1n) is 6.39. The molecule has 2 N–H and O–H groups in total. The Hall–Kier alpha value is -0.780. The van der Waals surface area contributed by atoms with Crippen molar-refractivity contribution in [3.63, 3.8) is 0 Å². The average Bonchev–Trinajstić information content (AvgIpc) is 3.13. The number of nitrogen functional groups attached to an aromatic ring is 1. The monoisotopic (exact) mass is 302 g/mol. The lowest BCUT2D eigenvalue weighted by atomic mass is 10.2. The lowest BCUT2D eigenvalue weighted by Crippen LogP contribution is -2.36. The van der Waals surface area contributed by atoms with Gasteiger partial charge in [0.15, 0.2) is 0 Å². The SMILES string of the molecule is CC(C)CN(C1CC1)S(=O)(=O)c1ccc(N)c(Cl)c1. The van der Waals surface area contributed by atoms with Crippen LogP contribution in [0.1, 0.15) is 26.7 Å². The summed E-state index contributed by atoms with van der Waals surface area (Å²) in [6, 6.07) is 4.63. The van der Waals surface area contributed by atoms with Gasteiger partial charge in [-0.2, -0.15) is 4.31 Å². The zero-order valence-corrected chi connectivity index (χ0v) is 12.7. The summed E-state index contributed by atoms with van der Waals surface area (Å²) in [6.45, 7) is 4.57. The van der Waals surface area contributed by atoms with E-state index in [1.54, 1.807) is 4.31 Å². The van der Waals surface area contributed by atoms with Crippen molar-refractivity contribution in [1.29, 1.82) is 0 Å². The topological polar surface area (TPSA) is 63.4 Å². The third-order valence-electron chi connectivity index (χ3n) is 3.08. The second kappa shape index (κ2) is 5.31. The van der Waals surface area contributed by atoms with Crippen LogP contribution in [0.4, 0.5) is 5.69 Å². The molecule has 1 aliphatic rings. The molecule has 0 atom stereocenters. The molecule has 4 nitrogen and oxygen atoms in total. The molecular formula is C13H19ClN2O2S. The molecule has 2 rings (SSSR count). The molecule has 1 saturated carbocycles. The number of rotatable bonds is 5. The molecule has 0 heterocycles. The van der Waals surface area contributed by atoms with Crippen molar-refractivity contribution < 1.29 is 8.42 Å². The van der Waals surface area contributed by atoms with E-state index in [-0.39, 0.29) is 16.0 Å². The first kappa shape index (κ1) is 14.6. The van der Waals surface area contributed by atoms with Crippen molar-refractivity contribution in [2.75, 3.05) is 12.3 Å². The fraction of sp³-hybridized carbons (Fsp3) is 0.538. The van der Waals surface area contributed by atoms with Crippen LogP contribution in [0.3, 0.4) is 0 Å². The molecule has 0 spiro atoms. The van der Waals surface area contributed by atoms with Crippen LogP contribution in [0.25, 0.3) is 0 Å². The number of sulfonamides is 1. The van der Waals surface area contributed by atoms with Gasteiger partial charge < -0.3 is 5.73 Å². The predicted octanol–water partition coefficient (Wildman–Crippen LogP) is 2.73. The molecule has 0 aromatic heterocycles. The lowest BCUT2D eigenvalue weighted by molar-refractivity contribution is 0.360. The molecule has 1 fully saturated rings. The van der Waals surface area contributed by atoms with Gasteiger partial charge in [0.05, 0.1) is 15.6 Å². The summed E-state index contributed by atoms with van der Waals surface area (Å²) in [5.74, 6) is 0.291. The Morgan fingerprint density at radius 3 is 2.53 bits per heavy atom. The summed E-state index contributed by atoms with van der Waals surface area (Å²) >= 11 is 5.92. The maximum Gasteiger partial charge on any atom is 0.243 e. The standard InChI is InChI=1S/C13H19ClN2O2S/c1-9(2)8-16(10-3-4-10)19(17,18)11-5-6-13(15)12(14)7-11/h5-7,9-10H,3-4,8,15H2,1-2H3. The van der Waals surface area contributed by atoms with Crippen LogP contribution in [-0.4, -0.2) is 25.3 Å². The zero-order valence-electron chi connectivity index (χ0n) is 11.1. The normalized spacial score (nSPS) is 16.3. The molecule has 0 saturated heterocycles. The van der Waals surface area contributed by atoms with Crippen LogP contribution < -0.4 is 5.73 Å². The van der Waals surface area contributed by atoms with E-state index in [0.29, 0.717) is 18.2 Å². The number of anilines is 1. The van der Waals surface area contributed by atoms with Crippen LogP contribution in [0, 0.1) is 5.92 Å². The number of halogens is 1. The Morgan fingerprint density at radius 2 is 2.05 bits per heavy atom.